The van der Waals surface area contributed by atoms with Crippen molar-refractivity contribution in [2.24, 2.45) is 5.92 Å². The molecule has 6 heteroatoms. The van der Waals surface area contributed by atoms with Crippen molar-refractivity contribution in [3.8, 4) is 0 Å². The van der Waals surface area contributed by atoms with Crippen molar-refractivity contribution < 1.29 is 9.72 Å². The van der Waals surface area contributed by atoms with E-state index in [0.717, 1.165) is 13.0 Å². The summed E-state index contributed by atoms with van der Waals surface area (Å²) < 4.78 is 0. The fourth-order valence-electron chi connectivity index (χ4n) is 2.56. The molecule has 1 N–H and O–H groups in total. The molecule has 1 aliphatic rings. The average Bonchev–Trinajstić information content (AvgIpc) is 2.84. The second-order valence-electron chi connectivity index (χ2n) is 5.28. The van der Waals surface area contributed by atoms with E-state index in [9.17, 15) is 14.9 Å². The van der Waals surface area contributed by atoms with Crippen LogP contribution in [0.15, 0.2) is 12.3 Å². The summed E-state index contributed by atoms with van der Waals surface area (Å²) in [5.41, 5.74) is 0.250. The molecule has 2 rings (SSSR count). The number of Topliss-reactive ketones (excluding diaryl/α,β-unsaturated/α-hetero) is 1. The minimum atomic E-state index is -0.501. The second kappa shape index (κ2) is 5.52. The Hall–Kier alpha value is -1.69. The number of hydrogen-bond donors (Lipinski definition) is 1. The molecule has 1 saturated heterocycles. The average molecular weight is 265 g/mol. The van der Waals surface area contributed by atoms with Gasteiger partial charge in [-0.15, -0.1) is 0 Å². The van der Waals surface area contributed by atoms with E-state index in [4.69, 9.17) is 0 Å². The van der Waals surface area contributed by atoms with E-state index in [1.807, 2.05) is 0 Å². The molecule has 0 amide bonds. The molecule has 2 atom stereocenters. The van der Waals surface area contributed by atoms with Gasteiger partial charge in [0.25, 0.3) is 5.69 Å². The summed E-state index contributed by atoms with van der Waals surface area (Å²) in [6, 6.07) is 1.68. The normalized spacial score (nSPS) is 24.3. The number of piperidine rings is 1. The van der Waals surface area contributed by atoms with Crippen LogP contribution in [-0.2, 0) is 0 Å². The number of aromatic amines is 1. The number of likely N-dealkylation sites (tertiary alicyclic amines) is 1. The number of H-pyrrole nitrogens is 1. The van der Waals surface area contributed by atoms with Crippen LogP contribution in [0.3, 0.4) is 0 Å². The van der Waals surface area contributed by atoms with Gasteiger partial charge in [-0.05, 0) is 32.2 Å². The van der Waals surface area contributed by atoms with E-state index in [0.29, 0.717) is 24.2 Å². The third-order valence-corrected chi connectivity index (χ3v) is 4.03. The number of ketones is 1. The quantitative estimate of drug-likeness (QED) is 0.514. The fourth-order valence-corrected chi connectivity index (χ4v) is 2.56. The second-order valence-corrected chi connectivity index (χ2v) is 5.28. The Kier molecular flexibility index (Phi) is 3.99. The Morgan fingerprint density at radius 2 is 2.32 bits per heavy atom. The molecule has 0 aromatic carbocycles. The highest BCUT2D eigenvalue weighted by molar-refractivity contribution is 5.96. The van der Waals surface area contributed by atoms with E-state index in [1.165, 1.54) is 18.7 Å². The monoisotopic (exact) mass is 265 g/mol. The molecule has 1 aromatic heterocycles. The minimum absolute atomic E-state index is 0.0663. The molecule has 1 aromatic rings. The van der Waals surface area contributed by atoms with Crippen molar-refractivity contribution in [2.75, 3.05) is 13.1 Å². The Balaban J connectivity index is 2.01. The van der Waals surface area contributed by atoms with Gasteiger partial charge in [0.2, 0.25) is 0 Å². The lowest BCUT2D eigenvalue weighted by atomic mass is 9.92. The molecule has 2 unspecified atom stereocenters. The zero-order chi connectivity index (χ0) is 14.0. The number of nitro groups is 1. The summed E-state index contributed by atoms with van der Waals surface area (Å²) in [7, 11) is 0. The minimum Gasteiger partial charge on any atom is -0.353 e. The SMILES string of the molecule is CC1CCCN(CC(=O)c2cc([N+](=O)[O-])c[nH]2)C1C. The number of aromatic nitrogens is 1. The predicted molar refractivity (Wildman–Crippen MR) is 71.2 cm³/mol. The van der Waals surface area contributed by atoms with Gasteiger partial charge in [-0.3, -0.25) is 19.8 Å². The smallest absolute Gasteiger partial charge is 0.287 e. The maximum absolute atomic E-state index is 12.1. The van der Waals surface area contributed by atoms with Crippen LogP contribution in [0.1, 0.15) is 37.2 Å². The summed E-state index contributed by atoms with van der Waals surface area (Å²) in [6.07, 6.45) is 3.55. The van der Waals surface area contributed by atoms with E-state index < -0.39 is 4.92 Å². The lowest BCUT2D eigenvalue weighted by Gasteiger charge is -2.37. The van der Waals surface area contributed by atoms with Crippen LogP contribution in [0, 0.1) is 16.0 Å². The first-order valence-corrected chi connectivity index (χ1v) is 6.59. The van der Waals surface area contributed by atoms with Crippen LogP contribution < -0.4 is 0 Å². The standard InChI is InChI=1S/C13H19N3O3/c1-9-4-3-5-15(10(9)2)8-13(17)12-6-11(7-14-12)16(18)19/h6-7,9-10,14H,3-5,8H2,1-2H3. The molecular formula is C13H19N3O3. The van der Waals surface area contributed by atoms with E-state index in [2.05, 4.69) is 23.7 Å². The number of rotatable bonds is 4. The van der Waals surface area contributed by atoms with Gasteiger partial charge in [0, 0.05) is 12.1 Å². The van der Waals surface area contributed by atoms with E-state index >= 15 is 0 Å². The lowest BCUT2D eigenvalue weighted by molar-refractivity contribution is -0.384. The third kappa shape index (κ3) is 3.01. The van der Waals surface area contributed by atoms with Crippen LogP contribution in [-0.4, -0.2) is 39.7 Å². The van der Waals surface area contributed by atoms with Crippen LogP contribution >= 0.6 is 0 Å². The largest absolute Gasteiger partial charge is 0.353 e. The van der Waals surface area contributed by atoms with Crippen molar-refractivity contribution in [3.63, 3.8) is 0 Å². The third-order valence-electron chi connectivity index (χ3n) is 4.03. The van der Waals surface area contributed by atoms with Crippen molar-refractivity contribution in [3.05, 3.63) is 28.1 Å². The number of hydrogen-bond acceptors (Lipinski definition) is 4. The zero-order valence-electron chi connectivity index (χ0n) is 11.3. The first-order valence-electron chi connectivity index (χ1n) is 6.59. The number of nitrogens with one attached hydrogen (secondary N) is 1. The Morgan fingerprint density at radius 3 is 2.95 bits per heavy atom. The lowest BCUT2D eigenvalue weighted by Crippen LogP contribution is -2.44. The maximum atomic E-state index is 12.1. The maximum Gasteiger partial charge on any atom is 0.287 e. The summed E-state index contributed by atoms with van der Waals surface area (Å²) in [5, 5.41) is 10.6. The summed E-state index contributed by atoms with van der Waals surface area (Å²) in [6.45, 7) is 5.57. The first kappa shape index (κ1) is 13.7. The molecule has 2 heterocycles. The molecule has 19 heavy (non-hydrogen) atoms. The topological polar surface area (TPSA) is 79.2 Å². The molecule has 104 valence electrons. The highest BCUT2D eigenvalue weighted by atomic mass is 16.6. The number of carbonyl (C=O) groups is 1. The van der Waals surface area contributed by atoms with Gasteiger partial charge in [0.05, 0.1) is 23.4 Å². The molecule has 0 saturated carbocycles. The Morgan fingerprint density at radius 1 is 1.58 bits per heavy atom. The van der Waals surface area contributed by atoms with Crippen molar-refractivity contribution in [2.45, 2.75) is 32.7 Å². The fraction of sp³-hybridized carbons (Fsp3) is 0.615. The molecule has 1 fully saturated rings. The van der Waals surface area contributed by atoms with Gasteiger partial charge in [-0.2, -0.15) is 0 Å². The van der Waals surface area contributed by atoms with Gasteiger partial charge in [-0.25, -0.2) is 0 Å². The molecule has 0 bridgehead atoms. The zero-order valence-corrected chi connectivity index (χ0v) is 11.3. The Bertz CT molecular complexity index is 483. The summed E-state index contributed by atoms with van der Waals surface area (Å²) >= 11 is 0. The van der Waals surface area contributed by atoms with Gasteiger partial charge in [0.1, 0.15) is 0 Å². The summed E-state index contributed by atoms with van der Waals surface area (Å²) in [5.74, 6) is 0.494. The van der Waals surface area contributed by atoms with Crippen LogP contribution in [0.4, 0.5) is 5.69 Å². The van der Waals surface area contributed by atoms with Gasteiger partial charge in [0.15, 0.2) is 5.78 Å². The van der Waals surface area contributed by atoms with Crippen LogP contribution in [0.5, 0.6) is 0 Å². The van der Waals surface area contributed by atoms with Gasteiger partial charge in [-0.1, -0.05) is 6.92 Å². The molecular weight excluding hydrogens is 246 g/mol. The number of nitrogens with zero attached hydrogens (tertiary/aromatic N) is 2. The molecule has 0 radical (unpaired) electrons. The van der Waals surface area contributed by atoms with Gasteiger partial charge >= 0.3 is 0 Å². The van der Waals surface area contributed by atoms with Crippen LogP contribution in [0.2, 0.25) is 0 Å². The van der Waals surface area contributed by atoms with Crippen molar-refractivity contribution >= 4 is 11.5 Å². The van der Waals surface area contributed by atoms with E-state index in [-0.39, 0.29) is 11.5 Å². The van der Waals surface area contributed by atoms with E-state index in [1.54, 1.807) is 0 Å². The molecule has 0 aliphatic carbocycles. The highest BCUT2D eigenvalue weighted by Gasteiger charge is 2.27. The summed E-state index contributed by atoms with van der Waals surface area (Å²) in [4.78, 5) is 27.0. The van der Waals surface area contributed by atoms with Crippen molar-refractivity contribution in [1.29, 1.82) is 0 Å². The molecule has 6 nitrogen and oxygen atoms in total. The van der Waals surface area contributed by atoms with Crippen molar-refractivity contribution in [1.82, 2.24) is 9.88 Å². The molecule has 0 spiro atoms. The van der Waals surface area contributed by atoms with Crippen LogP contribution in [0.25, 0.3) is 0 Å². The predicted octanol–water partition coefficient (Wildman–Crippen LogP) is 2.23. The first-order chi connectivity index (χ1) is 8.99. The van der Waals surface area contributed by atoms with Gasteiger partial charge < -0.3 is 4.98 Å². The molecule has 1 aliphatic heterocycles. The Labute approximate surface area is 111 Å². The number of carbonyl (C=O) groups excluding carboxylic acids is 1. The highest BCUT2D eigenvalue weighted by Crippen LogP contribution is 2.23.